The number of carbonyl (C=O) groups is 1. The van der Waals surface area contributed by atoms with Gasteiger partial charge in [-0.05, 0) is 49.9 Å². The number of carboxylic acid groups (broad SMARTS) is 1. The van der Waals surface area contributed by atoms with Crippen molar-refractivity contribution < 1.29 is 23.1 Å². The van der Waals surface area contributed by atoms with Crippen LogP contribution in [-0.4, -0.2) is 32.1 Å². The molecule has 0 bridgehead atoms. The molecule has 7 heteroatoms. The molecule has 0 spiro atoms. The highest BCUT2D eigenvalue weighted by molar-refractivity contribution is 7.89. The van der Waals surface area contributed by atoms with E-state index in [4.69, 9.17) is 9.84 Å². The maximum Gasteiger partial charge on any atom is 0.307 e. The monoisotopic (exact) mass is 313 g/mol. The van der Waals surface area contributed by atoms with E-state index in [1.165, 1.54) is 25.3 Å². The summed E-state index contributed by atoms with van der Waals surface area (Å²) in [5, 5.41) is 8.95. The molecule has 0 atom stereocenters. The third-order valence-corrected chi connectivity index (χ3v) is 5.48. The predicted molar refractivity (Wildman–Crippen MR) is 76.9 cm³/mol. The highest BCUT2D eigenvalue weighted by Gasteiger charge is 2.37. The molecule has 1 aromatic rings. The molecule has 1 aromatic carbocycles. The standard InChI is InChI=1S/C14H19NO5S/c1-14(6-3-7-14)15-21(18,19)12-5-4-11(20-2)8-10(12)9-13(16)17/h4-5,8,15H,3,6-7,9H2,1-2H3,(H,16,17). The van der Waals surface area contributed by atoms with Crippen molar-refractivity contribution >= 4 is 16.0 Å². The van der Waals surface area contributed by atoms with Gasteiger partial charge in [0.2, 0.25) is 10.0 Å². The minimum atomic E-state index is -3.75. The normalized spacial score (nSPS) is 17.0. The van der Waals surface area contributed by atoms with Crippen molar-refractivity contribution in [2.24, 2.45) is 0 Å². The van der Waals surface area contributed by atoms with E-state index in [0.717, 1.165) is 19.3 Å². The molecule has 116 valence electrons. The number of hydrogen-bond acceptors (Lipinski definition) is 4. The number of hydrogen-bond donors (Lipinski definition) is 2. The van der Waals surface area contributed by atoms with Crippen LogP contribution in [0.2, 0.25) is 0 Å². The second-order valence-electron chi connectivity index (χ2n) is 5.56. The van der Waals surface area contributed by atoms with Crippen molar-refractivity contribution in [1.29, 1.82) is 0 Å². The quantitative estimate of drug-likeness (QED) is 0.831. The number of carboxylic acids is 1. The van der Waals surface area contributed by atoms with E-state index in [-0.39, 0.29) is 16.9 Å². The van der Waals surface area contributed by atoms with Gasteiger partial charge in [0.15, 0.2) is 0 Å². The first kappa shape index (κ1) is 15.8. The first-order valence-corrected chi connectivity index (χ1v) is 8.17. The molecule has 1 saturated carbocycles. The van der Waals surface area contributed by atoms with Gasteiger partial charge >= 0.3 is 5.97 Å². The van der Waals surface area contributed by atoms with Crippen LogP contribution in [0.5, 0.6) is 5.75 Å². The lowest BCUT2D eigenvalue weighted by Gasteiger charge is -2.38. The Bertz CT molecular complexity index is 649. The fourth-order valence-electron chi connectivity index (χ4n) is 2.43. The molecule has 21 heavy (non-hydrogen) atoms. The molecule has 0 amide bonds. The molecular weight excluding hydrogens is 294 g/mol. The minimum Gasteiger partial charge on any atom is -0.497 e. The third kappa shape index (κ3) is 3.54. The van der Waals surface area contributed by atoms with Gasteiger partial charge in [-0.3, -0.25) is 4.79 Å². The lowest BCUT2D eigenvalue weighted by Crippen LogP contribution is -2.50. The van der Waals surface area contributed by atoms with Crippen molar-refractivity contribution in [2.75, 3.05) is 7.11 Å². The fraction of sp³-hybridized carbons (Fsp3) is 0.500. The van der Waals surface area contributed by atoms with E-state index in [2.05, 4.69) is 4.72 Å². The molecule has 1 aliphatic carbocycles. The van der Waals surface area contributed by atoms with Crippen LogP contribution in [0, 0.1) is 0 Å². The maximum absolute atomic E-state index is 12.5. The summed E-state index contributed by atoms with van der Waals surface area (Å²) in [5.41, 5.74) is -0.212. The van der Waals surface area contributed by atoms with Crippen LogP contribution in [0.3, 0.4) is 0 Å². The number of rotatable bonds is 6. The summed E-state index contributed by atoms with van der Waals surface area (Å²) >= 11 is 0. The number of ether oxygens (including phenoxy) is 1. The number of nitrogens with one attached hydrogen (secondary N) is 1. The largest absolute Gasteiger partial charge is 0.497 e. The summed E-state index contributed by atoms with van der Waals surface area (Å²) in [5.74, 6) is -0.658. The molecule has 0 saturated heterocycles. The molecule has 0 aliphatic heterocycles. The van der Waals surface area contributed by atoms with Crippen LogP contribution in [0.15, 0.2) is 23.1 Å². The summed E-state index contributed by atoms with van der Waals surface area (Å²) in [6.07, 6.45) is 2.20. The van der Waals surface area contributed by atoms with Crippen LogP contribution in [0.4, 0.5) is 0 Å². The highest BCUT2D eigenvalue weighted by Crippen LogP contribution is 2.33. The summed E-state index contributed by atoms with van der Waals surface area (Å²) in [7, 11) is -2.30. The minimum absolute atomic E-state index is 0.00109. The van der Waals surface area contributed by atoms with Gasteiger partial charge in [-0.1, -0.05) is 0 Å². The molecule has 0 aromatic heterocycles. The zero-order valence-electron chi connectivity index (χ0n) is 12.0. The Kier molecular flexibility index (Phi) is 4.25. The molecule has 1 fully saturated rings. The molecule has 0 unspecified atom stereocenters. The van der Waals surface area contributed by atoms with E-state index < -0.39 is 21.5 Å². The number of sulfonamides is 1. The van der Waals surface area contributed by atoms with Crippen LogP contribution in [0.25, 0.3) is 0 Å². The van der Waals surface area contributed by atoms with E-state index >= 15 is 0 Å². The Hall–Kier alpha value is -1.60. The Balaban J connectivity index is 2.38. The number of benzene rings is 1. The van der Waals surface area contributed by atoms with Gasteiger partial charge in [0.05, 0.1) is 18.4 Å². The van der Waals surface area contributed by atoms with Crippen molar-refractivity contribution in [3.63, 3.8) is 0 Å². The van der Waals surface area contributed by atoms with E-state index in [1.54, 1.807) is 0 Å². The third-order valence-electron chi connectivity index (χ3n) is 3.74. The first-order chi connectivity index (χ1) is 9.76. The van der Waals surface area contributed by atoms with Gasteiger partial charge in [-0.25, -0.2) is 13.1 Å². The van der Waals surface area contributed by atoms with E-state index in [9.17, 15) is 13.2 Å². The van der Waals surface area contributed by atoms with Gasteiger partial charge in [0, 0.05) is 5.54 Å². The Morgan fingerprint density at radius 3 is 2.57 bits per heavy atom. The van der Waals surface area contributed by atoms with Gasteiger partial charge in [-0.2, -0.15) is 0 Å². The molecule has 2 rings (SSSR count). The Morgan fingerprint density at radius 2 is 2.10 bits per heavy atom. The average Bonchev–Trinajstić information content (AvgIpc) is 2.35. The second-order valence-corrected chi connectivity index (χ2v) is 7.21. The van der Waals surface area contributed by atoms with Crippen LogP contribution < -0.4 is 9.46 Å². The van der Waals surface area contributed by atoms with E-state index in [1.807, 2.05) is 6.92 Å². The highest BCUT2D eigenvalue weighted by atomic mass is 32.2. The molecule has 6 nitrogen and oxygen atoms in total. The van der Waals surface area contributed by atoms with Gasteiger partial charge in [0.25, 0.3) is 0 Å². The second kappa shape index (κ2) is 5.65. The molecular formula is C14H19NO5S. The summed E-state index contributed by atoms with van der Waals surface area (Å²) in [4.78, 5) is 10.9. The zero-order valence-corrected chi connectivity index (χ0v) is 12.9. The summed E-state index contributed by atoms with van der Waals surface area (Å²) < 4.78 is 32.7. The number of methoxy groups -OCH3 is 1. The van der Waals surface area contributed by atoms with Gasteiger partial charge in [-0.15, -0.1) is 0 Å². The van der Waals surface area contributed by atoms with Crippen molar-refractivity contribution in [2.45, 2.75) is 43.0 Å². The molecule has 0 heterocycles. The smallest absolute Gasteiger partial charge is 0.307 e. The molecule has 1 aliphatic rings. The molecule has 0 radical (unpaired) electrons. The van der Waals surface area contributed by atoms with Crippen molar-refractivity contribution in [3.8, 4) is 5.75 Å². The predicted octanol–water partition coefficient (Wildman–Crippen LogP) is 1.54. The zero-order chi connectivity index (χ0) is 15.7. The summed E-state index contributed by atoms with van der Waals surface area (Å²) in [6, 6.07) is 4.36. The van der Waals surface area contributed by atoms with Crippen LogP contribution in [0.1, 0.15) is 31.7 Å². The van der Waals surface area contributed by atoms with Gasteiger partial charge in [0.1, 0.15) is 5.75 Å². The topological polar surface area (TPSA) is 92.7 Å². The van der Waals surface area contributed by atoms with Gasteiger partial charge < -0.3 is 9.84 Å². The van der Waals surface area contributed by atoms with Crippen molar-refractivity contribution in [1.82, 2.24) is 4.72 Å². The average molecular weight is 313 g/mol. The molecule has 2 N–H and O–H groups in total. The Morgan fingerprint density at radius 1 is 1.43 bits per heavy atom. The van der Waals surface area contributed by atoms with Crippen molar-refractivity contribution in [3.05, 3.63) is 23.8 Å². The lowest BCUT2D eigenvalue weighted by atomic mass is 9.80. The van der Waals surface area contributed by atoms with Crippen LogP contribution >= 0.6 is 0 Å². The lowest BCUT2D eigenvalue weighted by molar-refractivity contribution is -0.136. The number of aliphatic carboxylic acids is 1. The SMILES string of the molecule is COc1ccc(S(=O)(=O)NC2(C)CCC2)c(CC(=O)O)c1. The maximum atomic E-state index is 12.5. The Labute approximate surface area is 124 Å². The van der Waals surface area contributed by atoms with Crippen LogP contribution in [-0.2, 0) is 21.2 Å². The fourth-order valence-corrected chi connectivity index (χ4v) is 4.12. The van der Waals surface area contributed by atoms with E-state index in [0.29, 0.717) is 5.75 Å². The summed E-state index contributed by atoms with van der Waals surface area (Å²) in [6.45, 7) is 1.86. The first-order valence-electron chi connectivity index (χ1n) is 6.68.